The number of benzene rings is 2. The van der Waals surface area contributed by atoms with Crippen molar-refractivity contribution in [2.45, 2.75) is 13.0 Å². The minimum Gasteiger partial charge on any atom is -0.466 e. The minimum absolute atomic E-state index is 0.0673. The first-order chi connectivity index (χ1) is 13.1. The molecule has 7 heteroatoms. The van der Waals surface area contributed by atoms with Crippen molar-refractivity contribution < 1.29 is 28.9 Å². The van der Waals surface area contributed by atoms with Gasteiger partial charge < -0.3 is 24.6 Å². The Morgan fingerprint density at radius 3 is 2.63 bits per heavy atom. The smallest absolute Gasteiger partial charge is 0.313 e. The van der Waals surface area contributed by atoms with Crippen molar-refractivity contribution in [2.24, 2.45) is 5.92 Å². The van der Waals surface area contributed by atoms with Gasteiger partial charge in [0.1, 0.15) is 5.92 Å². The second kappa shape index (κ2) is 8.55. The molecule has 0 aromatic heterocycles. The van der Waals surface area contributed by atoms with Crippen LogP contribution in [0.4, 0.5) is 0 Å². The predicted molar refractivity (Wildman–Crippen MR) is 96.4 cm³/mol. The molecule has 0 aliphatic carbocycles. The first-order valence-electron chi connectivity index (χ1n) is 8.67. The number of nitrogens with one attached hydrogen (secondary N) is 1. The topological polar surface area (TPSA) is 94.1 Å². The Labute approximate surface area is 156 Å². The molecule has 0 fully saturated rings. The van der Waals surface area contributed by atoms with Gasteiger partial charge in [0.2, 0.25) is 6.79 Å². The van der Waals surface area contributed by atoms with E-state index in [4.69, 9.17) is 14.2 Å². The maximum Gasteiger partial charge on any atom is 0.313 e. The number of esters is 1. The Morgan fingerprint density at radius 1 is 1.15 bits per heavy atom. The summed E-state index contributed by atoms with van der Waals surface area (Å²) in [6, 6.07) is 13.6. The Balaban J connectivity index is 1.74. The summed E-state index contributed by atoms with van der Waals surface area (Å²) in [5, 5.41) is 13.4. The fraction of sp³-hybridized carbons (Fsp3) is 0.300. The van der Waals surface area contributed by atoms with E-state index in [0.717, 1.165) is 0 Å². The summed E-state index contributed by atoms with van der Waals surface area (Å²) in [6.45, 7) is 1.91. The van der Waals surface area contributed by atoms with Gasteiger partial charge >= 0.3 is 5.97 Å². The van der Waals surface area contributed by atoms with Crippen molar-refractivity contribution in [1.82, 2.24) is 5.32 Å². The number of aliphatic hydroxyl groups is 1. The van der Waals surface area contributed by atoms with Crippen molar-refractivity contribution in [1.29, 1.82) is 0 Å². The number of hydrogen-bond acceptors (Lipinski definition) is 6. The molecule has 1 aliphatic rings. The molecule has 1 aliphatic heterocycles. The molecule has 2 N–H and O–H groups in total. The second-order valence-electron chi connectivity index (χ2n) is 5.99. The molecule has 27 heavy (non-hydrogen) atoms. The average molecular weight is 371 g/mol. The molecule has 0 saturated carbocycles. The van der Waals surface area contributed by atoms with Crippen LogP contribution < -0.4 is 14.8 Å². The number of fused-ring (bicyclic) bond motifs is 1. The SMILES string of the molecule is CCOC(=O)[C@H](CNC(=O)c1ccccc1)[C@H](O)c1ccc2c(c1)OCO2. The van der Waals surface area contributed by atoms with Crippen LogP contribution in [0.3, 0.4) is 0 Å². The van der Waals surface area contributed by atoms with Gasteiger partial charge in [-0.05, 0) is 36.8 Å². The number of carbonyl (C=O) groups is 2. The van der Waals surface area contributed by atoms with Crippen LogP contribution in [0.15, 0.2) is 48.5 Å². The first kappa shape index (κ1) is 18.7. The van der Waals surface area contributed by atoms with Crippen molar-refractivity contribution in [3.63, 3.8) is 0 Å². The van der Waals surface area contributed by atoms with Crippen LogP contribution >= 0.6 is 0 Å². The normalized spacial score (nSPS) is 14.3. The van der Waals surface area contributed by atoms with Gasteiger partial charge in [-0.1, -0.05) is 24.3 Å². The Kier molecular flexibility index (Phi) is 5.93. The Hall–Kier alpha value is -3.06. The number of carbonyl (C=O) groups excluding carboxylic acids is 2. The summed E-state index contributed by atoms with van der Waals surface area (Å²) < 4.78 is 15.6. The molecule has 0 spiro atoms. The lowest BCUT2D eigenvalue weighted by Gasteiger charge is -2.22. The summed E-state index contributed by atoms with van der Waals surface area (Å²) in [4.78, 5) is 24.6. The van der Waals surface area contributed by atoms with E-state index in [2.05, 4.69) is 5.32 Å². The fourth-order valence-electron chi connectivity index (χ4n) is 2.80. The van der Waals surface area contributed by atoms with Crippen LogP contribution in [0.25, 0.3) is 0 Å². The number of amides is 1. The number of hydrogen-bond donors (Lipinski definition) is 2. The zero-order valence-corrected chi connectivity index (χ0v) is 14.9. The summed E-state index contributed by atoms with van der Waals surface area (Å²) in [5.74, 6) is -0.796. The highest BCUT2D eigenvalue weighted by Crippen LogP contribution is 2.35. The van der Waals surface area contributed by atoms with E-state index in [0.29, 0.717) is 22.6 Å². The van der Waals surface area contributed by atoms with Gasteiger partial charge in [0, 0.05) is 12.1 Å². The lowest BCUT2D eigenvalue weighted by Crippen LogP contribution is -2.37. The molecular weight excluding hydrogens is 350 g/mol. The minimum atomic E-state index is -1.17. The Bertz CT molecular complexity index is 807. The number of aliphatic hydroxyl groups excluding tert-OH is 1. The summed E-state index contributed by atoms with van der Waals surface area (Å²) in [6.07, 6.45) is -1.17. The summed E-state index contributed by atoms with van der Waals surface area (Å²) in [5.41, 5.74) is 0.948. The number of ether oxygens (including phenoxy) is 3. The van der Waals surface area contributed by atoms with Crippen LogP contribution in [0, 0.1) is 5.92 Å². The monoisotopic (exact) mass is 371 g/mol. The molecule has 0 unspecified atom stereocenters. The highest BCUT2D eigenvalue weighted by molar-refractivity contribution is 5.94. The summed E-state index contributed by atoms with van der Waals surface area (Å²) in [7, 11) is 0. The molecule has 2 aromatic carbocycles. The zero-order valence-electron chi connectivity index (χ0n) is 14.9. The van der Waals surface area contributed by atoms with Crippen molar-refractivity contribution in [2.75, 3.05) is 19.9 Å². The van der Waals surface area contributed by atoms with Crippen LogP contribution in [0.5, 0.6) is 11.5 Å². The van der Waals surface area contributed by atoms with E-state index in [1.165, 1.54) is 0 Å². The molecule has 1 amide bonds. The quantitative estimate of drug-likeness (QED) is 0.724. The standard InChI is InChI=1S/C20H21NO6/c1-2-25-20(24)15(11-21-19(23)13-6-4-3-5-7-13)18(22)14-8-9-16-17(10-14)27-12-26-16/h3-10,15,18,22H,2,11-12H2,1H3,(H,21,23)/t15-,18-/m1/s1. The van der Waals surface area contributed by atoms with Gasteiger partial charge in [0.15, 0.2) is 11.5 Å². The second-order valence-corrected chi connectivity index (χ2v) is 5.99. The highest BCUT2D eigenvalue weighted by Gasteiger charge is 2.31. The number of rotatable bonds is 7. The van der Waals surface area contributed by atoms with E-state index in [1.807, 2.05) is 6.07 Å². The molecule has 2 aromatic rings. The van der Waals surface area contributed by atoms with Gasteiger partial charge in [0.05, 0.1) is 12.7 Å². The average Bonchev–Trinajstić information content (AvgIpc) is 3.16. The molecule has 2 atom stereocenters. The molecule has 3 rings (SSSR count). The Morgan fingerprint density at radius 2 is 1.89 bits per heavy atom. The molecular formula is C20H21NO6. The van der Waals surface area contributed by atoms with Gasteiger partial charge in [-0.2, -0.15) is 0 Å². The van der Waals surface area contributed by atoms with Gasteiger partial charge in [-0.3, -0.25) is 9.59 Å². The molecule has 142 valence electrons. The lowest BCUT2D eigenvalue weighted by molar-refractivity contribution is -0.151. The van der Waals surface area contributed by atoms with E-state index in [-0.39, 0.29) is 25.9 Å². The van der Waals surface area contributed by atoms with Crippen molar-refractivity contribution in [3.05, 3.63) is 59.7 Å². The van der Waals surface area contributed by atoms with E-state index >= 15 is 0 Å². The van der Waals surface area contributed by atoms with Crippen molar-refractivity contribution >= 4 is 11.9 Å². The summed E-state index contributed by atoms with van der Waals surface area (Å²) >= 11 is 0. The van der Waals surface area contributed by atoms with E-state index < -0.39 is 18.0 Å². The third kappa shape index (κ3) is 4.38. The molecule has 1 heterocycles. The highest BCUT2D eigenvalue weighted by atomic mass is 16.7. The van der Waals surface area contributed by atoms with Crippen LogP contribution in [0.2, 0.25) is 0 Å². The molecule has 0 saturated heterocycles. The predicted octanol–water partition coefficient (Wildman–Crippen LogP) is 2.06. The third-order valence-electron chi connectivity index (χ3n) is 4.23. The maximum atomic E-state index is 12.4. The molecule has 0 radical (unpaired) electrons. The largest absolute Gasteiger partial charge is 0.466 e. The van der Waals surface area contributed by atoms with Crippen molar-refractivity contribution in [3.8, 4) is 11.5 Å². The van der Waals surface area contributed by atoms with E-state index in [1.54, 1.807) is 49.4 Å². The first-order valence-corrected chi connectivity index (χ1v) is 8.67. The van der Waals surface area contributed by atoms with Crippen LogP contribution in [-0.2, 0) is 9.53 Å². The van der Waals surface area contributed by atoms with E-state index in [9.17, 15) is 14.7 Å². The fourth-order valence-corrected chi connectivity index (χ4v) is 2.80. The third-order valence-corrected chi connectivity index (χ3v) is 4.23. The van der Waals surface area contributed by atoms with Gasteiger partial charge in [-0.25, -0.2) is 0 Å². The van der Waals surface area contributed by atoms with Gasteiger partial charge in [-0.15, -0.1) is 0 Å². The molecule has 7 nitrogen and oxygen atoms in total. The van der Waals surface area contributed by atoms with Crippen LogP contribution in [-0.4, -0.2) is 36.9 Å². The lowest BCUT2D eigenvalue weighted by atomic mass is 9.95. The molecule has 0 bridgehead atoms. The maximum absolute atomic E-state index is 12.4. The van der Waals surface area contributed by atoms with Gasteiger partial charge in [0.25, 0.3) is 5.91 Å². The van der Waals surface area contributed by atoms with Crippen LogP contribution in [0.1, 0.15) is 28.9 Å². The zero-order chi connectivity index (χ0) is 19.2.